The molecule has 0 saturated heterocycles. The number of carbonyl (C=O) groups is 2. The molecule has 0 aliphatic rings. The second-order valence-corrected chi connectivity index (χ2v) is 4.90. The number of carbonyl (C=O) groups excluding carboxylic acids is 2. The maximum Gasteiger partial charge on any atom is 0.313 e. The molecule has 2 aromatic carbocycles. The zero-order chi connectivity index (χ0) is 15.9. The third kappa shape index (κ3) is 4.23. The first-order valence-corrected chi connectivity index (χ1v) is 6.94. The van der Waals surface area contributed by atoms with Crippen LogP contribution in [0.1, 0.15) is 5.56 Å². The molecule has 0 radical (unpaired) electrons. The number of halogens is 1. The van der Waals surface area contributed by atoms with Gasteiger partial charge in [0, 0.05) is 11.6 Å². The Bertz CT molecular complexity index is 689. The molecular formula is C16H15ClN2O3. The number of ether oxygens (including phenoxy) is 1. The van der Waals surface area contributed by atoms with Crippen molar-refractivity contribution in [3.05, 3.63) is 59.1 Å². The lowest BCUT2D eigenvalue weighted by Crippen LogP contribution is -2.35. The first-order chi connectivity index (χ1) is 10.6. The second-order valence-electron chi connectivity index (χ2n) is 4.47. The predicted octanol–water partition coefficient (Wildman–Crippen LogP) is 2.60. The molecule has 6 heteroatoms. The zero-order valence-corrected chi connectivity index (χ0v) is 12.7. The summed E-state index contributed by atoms with van der Waals surface area (Å²) < 4.78 is 5.11. The summed E-state index contributed by atoms with van der Waals surface area (Å²) in [5, 5.41) is 5.61. The lowest BCUT2D eigenvalue weighted by molar-refractivity contribution is -0.136. The van der Waals surface area contributed by atoms with Crippen LogP contribution in [0.4, 0.5) is 5.69 Å². The molecule has 0 unspecified atom stereocenters. The quantitative estimate of drug-likeness (QED) is 0.852. The van der Waals surface area contributed by atoms with E-state index in [0.29, 0.717) is 16.5 Å². The van der Waals surface area contributed by atoms with E-state index in [1.807, 2.05) is 6.07 Å². The van der Waals surface area contributed by atoms with Crippen molar-refractivity contribution in [2.45, 2.75) is 6.54 Å². The molecule has 0 bridgehead atoms. The van der Waals surface area contributed by atoms with Crippen LogP contribution in [-0.2, 0) is 16.1 Å². The van der Waals surface area contributed by atoms with Crippen LogP contribution in [0.2, 0.25) is 5.02 Å². The Kier molecular flexibility index (Phi) is 5.38. The van der Waals surface area contributed by atoms with Crippen LogP contribution in [0, 0.1) is 0 Å². The third-order valence-electron chi connectivity index (χ3n) is 2.90. The minimum Gasteiger partial charge on any atom is -0.495 e. The standard InChI is InChI=1S/C16H15ClN2O3/c1-22-14-8-3-2-7-13(14)19-16(21)15(20)18-10-11-5-4-6-12(17)9-11/h2-9H,10H2,1H3,(H,18,20)(H,19,21). The molecule has 2 aromatic rings. The molecule has 2 amide bonds. The maximum absolute atomic E-state index is 11.9. The van der Waals surface area contributed by atoms with Gasteiger partial charge in [-0.15, -0.1) is 0 Å². The molecule has 22 heavy (non-hydrogen) atoms. The highest BCUT2D eigenvalue weighted by Gasteiger charge is 2.15. The lowest BCUT2D eigenvalue weighted by Gasteiger charge is -2.10. The van der Waals surface area contributed by atoms with Crippen molar-refractivity contribution in [1.29, 1.82) is 0 Å². The first kappa shape index (κ1) is 15.9. The number of hydrogen-bond donors (Lipinski definition) is 2. The highest BCUT2D eigenvalue weighted by Crippen LogP contribution is 2.22. The van der Waals surface area contributed by atoms with Gasteiger partial charge in [0.1, 0.15) is 5.75 Å². The summed E-state index contributed by atoms with van der Waals surface area (Å²) in [6.45, 7) is 0.221. The van der Waals surface area contributed by atoms with Gasteiger partial charge < -0.3 is 15.4 Å². The fourth-order valence-electron chi connectivity index (χ4n) is 1.84. The first-order valence-electron chi connectivity index (χ1n) is 6.57. The van der Waals surface area contributed by atoms with E-state index in [0.717, 1.165) is 5.56 Å². The van der Waals surface area contributed by atoms with Crippen LogP contribution in [-0.4, -0.2) is 18.9 Å². The Morgan fingerprint density at radius 1 is 1.09 bits per heavy atom. The van der Waals surface area contributed by atoms with Gasteiger partial charge in [0.25, 0.3) is 0 Å². The van der Waals surface area contributed by atoms with Crippen molar-refractivity contribution in [1.82, 2.24) is 5.32 Å². The van der Waals surface area contributed by atoms with Crippen molar-refractivity contribution in [3.63, 3.8) is 0 Å². The van der Waals surface area contributed by atoms with Gasteiger partial charge in [0.2, 0.25) is 0 Å². The number of amides is 2. The van der Waals surface area contributed by atoms with Gasteiger partial charge in [-0.1, -0.05) is 35.9 Å². The number of rotatable bonds is 4. The number of nitrogens with one attached hydrogen (secondary N) is 2. The van der Waals surface area contributed by atoms with Crippen LogP contribution in [0.25, 0.3) is 0 Å². The van der Waals surface area contributed by atoms with Gasteiger partial charge in [0.15, 0.2) is 0 Å². The summed E-state index contributed by atoms with van der Waals surface area (Å²) in [6, 6.07) is 13.9. The SMILES string of the molecule is COc1ccccc1NC(=O)C(=O)NCc1cccc(Cl)c1. The second kappa shape index (κ2) is 7.47. The Morgan fingerprint density at radius 3 is 2.59 bits per heavy atom. The van der Waals surface area contributed by atoms with Crippen LogP contribution in [0.5, 0.6) is 5.75 Å². The molecule has 0 atom stereocenters. The van der Waals surface area contributed by atoms with Crippen molar-refractivity contribution in [2.75, 3.05) is 12.4 Å². The summed E-state index contributed by atoms with van der Waals surface area (Å²) in [5.41, 5.74) is 1.25. The molecular weight excluding hydrogens is 304 g/mol. The third-order valence-corrected chi connectivity index (χ3v) is 3.14. The summed E-state index contributed by atoms with van der Waals surface area (Å²) in [6.07, 6.45) is 0. The molecule has 0 fully saturated rings. The van der Waals surface area contributed by atoms with E-state index in [2.05, 4.69) is 10.6 Å². The van der Waals surface area contributed by atoms with Crippen molar-refractivity contribution >= 4 is 29.1 Å². The lowest BCUT2D eigenvalue weighted by atomic mass is 10.2. The molecule has 5 nitrogen and oxygen atoms in total. The van der Waals surface area contributed by atoms with Gasteiger partial charge in [-0.3, -0.25) is 9.59 Å². The molecule has 2 rings (SSSR count). The van der Waals surface area contributed by atoms with E-state index in [1.165, 1.54) is 7.11 Å². The highest BCUT2D eigenvalue weighted by atomic mass is 35.5. The number of anilines is 1. The summed E-state index contributed by atoms with van der Waals surface area (Å²) >= 11 is 5.86. The fourth-order valence-corrected chi connectivity index (χ4v) is 2.05. The molecule has 0 saturated carbocycles. The van der Waals surface area contributed by atoms with Gasteiger partial charge in [0.05, 0.1) is 12.8 Å². The number of hydrogen-bond acceptors (Lipinski definition) is 3. The molecule has 0 aliphatic heterocycles. The Balaban J connectivity index is 1.93. The highest BCUT2D eigenvalue weighted by molar-refractivity contribution is 6.39. The van der Waals surface area contributed by atoms with Crippen LogP contribution in [0.15, 0.2) is 48.5 Å². The van der Waals surface area contributed by atoms with Gasteiger partial charge >= 0.3 is 11.8 Å². The van der Waals surface area contributed by atoms with E-state index in [9.17, 15) is 9.59 Å². The molecule has 0 aromatic heterocycles. The number of para-hydroxylation sites is 2. The van der Waals surface area contributed by atoms with E-state index < -0.39 is 11.8 Å². The monoisotopic (exact) mass is 318 g/mol. The Labute approximate surface area is 133 Å². The average molecular weight is 319 g/mol. The minimum absolute atomic E-state index is 0.221. The van der Waals surface area contributed by atoms with E-state index >= 15 is 0 Å². The molecule has 114 valence electrons. The average Bonchev–Trinajstić information content (AvgIpc) is 2.53. The number of benzene rings is 2. The van der Waals surface area contributed by atoms with Crippen LogP contribution < -0.4 is 15.4 Å². The molecule has 0 heterocycles. The normalized spacial score (nSPS) is 9.91. The maximum atomic E-state index is 11.9. The summed E-state index contributed by atoms with van der Waals surface area (Å²) in [7, 11) is 1.49. The smallest absolute Gasteiger partial charge is 0.313 e. The van der Waals surface area contributed by atoms with E-state index in [-0.39, 0.29) is 6.54 Å². The Morgan fingerprint density at radius 2 is 1.86 bits per heavy atom. The summed E-state index contributed by atoms with van der Waals surface area (Å²) in [5.74, 6) is -1.00. The van der Waals surface area contributed by atoms with E-state index in [1.54, 1.807) is 42.5 Å². The number of methoxy groups -OCH3 is 1. The summed E-state index contributed by atoms with van der Waals surface area (Å²) in [4.78, 5) is 23.7. The van der Waals surface area contributed by atoms with Crippen LogP contribution >= 0.6 is 11.6 Å². The van der Waals surface area contributed by atoms with Gasteiger partial charge in [-0.2, -0.15) is 0 Å². The molecule has 0 spiro atoms. The van der Waals surface area contributed by atoms with Crippen molar-refractivity contribution in [2.24, 2.45) is 0 Å². The zero-order valence-electron chi connectivity index (χ0n) is 11.9. The minimum atomic E-state index is -0.758. The largest absolute Gasteiger partial charge is 0.495 e. The molecule has 2 N–H and O–H groups in total. The predicted molar refractivity (Wildman–Crippen MR) is 84.9 cm³/mol. The fraction of sp³-hybridized carbons (Fsp3) is 0.125. The van der Waals surface area contributed by atoms with Crippen molar-refractivity contribution < 1.29 is 14.3 Å². The van der Waals surface area contributed by atoms with Crippen molar-refractivity contribution in [3.8, 4) is 5.75 Å². The van der Waals surface area contributed by atoms with Crippen LogP contribution in [0.3, 0.4) is 0 Å². The molecule has 0 aliphatic carbocycles. The Hall–Kier alpha value is -2.53. The topological polar surface area (TPSA) is 67.4 Å². The van der Waals surface area contributed by atoms with E-state index in [4.69, 9.17) is 16.3 Å². The van der Waals surface area contributed by atoms with Gasteiger partial charge in [-0.25, -0.2) is 0 Å². The van der Waals surface area contributed by atoms with Gasteiger partial charge in [-0.05, 0) is 29.8 Å².